The predicted molar refractivity (Wildman–Crippen MR) is 216 cm³/mol. The van der Waals surface area contributed by atoms with Gasteiger partial charge in [0.15, 0.2) is 0 Å². The van der Waals surface area contributed by atoms with Gasteiger partial charge in [-0.25, -0.2) is 0 Å². The molecule has 0 N–H and O–H groups in total. The van der Waals surface area contributed by atoms with E-state index in [2.05, 4.69) is 55.4 Å². The molecule has 0 nitrogen and oxygen atoms in total. The lowest BCUT2D eigenvalue weighted by Crippen LogP contribution is -2.19. The average molecular weight is 629 g/mol. The van der Waals surface area contributed by atoms with Gasteiger partial charge in [0.05, 0.1) is 0 Å². The van der Waals surface area contributed by atoms with E-state index in [9.17, 15) is 0 Å². The first-order valence-electron chi connectivity index (χ1n) is 21.5. The Kier molecular flexibility index (Phi) is 74.9. The highest BCUT2D eigenvalue weighted by molar-refractivity contribution is 4.76. The summed E-state index contributed by atoms with van der Waals surface area (Å²) >= 11 is 0. The van der Waals surface area contributed by atoms with E-state index in [1.165, 1.54) is 148 Å². The third kappa shape index (κ3) is 54.5. The molecule has 0 amide bonds. The molecule has 4 saturated carbocycles. The standard InChI is InChI=1S/C15H28.2C6H12.3C3H8.4C2H6/c1-12-3-7-14(8-4-12)11-15-9-5-13(2)6-10-15;2*1-2-4-6-5-3-1;3*1-3-2;4*1-2/h12-15H,3-11H2,1-2H3;2*1-6H2;3*3H2,1-2H3;4*1-2H3. The van der Waals surface area contributed by atoms with Crippen molar-refractivity contribution in [3.05, 3.63) is 0 Å². The Morgan fingerprint density at radius 2 is 0.432 bits per heavy atom. The molecule has 4 aliphatic rings. The summed E-state index contributed by atoms with van der Waals surface area (Å²) in [6, 6.07) is 0. The van der Waals surface area contributed by atoms with Gasteiger partial charge in [-0.05, 0) is 30.1 Å². The predicted octanol–water partition coefficient (Wildman–Crippen LogP) is 18.1. The molecule has 0 aromatic carbocycles. The first-order valence-corrected chi connectivity index (χ1v) is 21.5. The molecule has 0 aliphatic heterocycles. The molecule has 0 aromatic heterocycles. The molecule has 0 unspecified atom stereocenters. The molecule has 276 valence electrons. The molecule has 4 fully saturated rings. The molecule has 0 saturated heterocycles. The van der Waals surface area contributed by atoms with Gasteiger partial charge in [-0.1, -0.05) is 258 Å². The van der Waals surface area contributed by atoms with Gasteiger partial charge in [-0.2, -0.15) is 0 Å². The van der Waals surface area contributed by atoms with Crippen molar-refractivity contribution in [2.45, 2.75) is 265 Å². The fourth-order valence-corrected chi connectivity index (χ4v) is 5.72. The maximum atomic E-state index is 2.43. The molecule has 0 aromatic rings. The van der Waals surface area contributed by atoms with Gasteiger partial charge in [0.1, 0.15) is 0 Å². The quantitative estimate of drug-likeness (QED) is 0.285. The van der Waals surface area contributed by atoms with Crippen LogP contribution in [0.1, 0.15) is 265 Å². The lowest BCUT2D eigenvalue weighted by molar-refractivity contribution is 0.201. The number of hydrogen-bond donors (Lipinski definition) is 0. The van der Waals surface area contributed by atoms with Crippen LogP contribution in [0.5, 0.6) is 0 Å². The Morgan fingerprint density at radius 1 is 0.295 bits per heavy atom. The number of hydrogen-bond acceptors (Lipinski definition) is 0. The average Bonchev–Trinajstić information content (AvgIpc) is 3.10. The minimum atomic E-state index is 1.02. The summed E-state index contributed by atoms with van der Waals surface area (Å²) in [5.74, 6) is 4.24. The molecule has 0 heterocycles. The molecule has 0 atom stereocenters. The molecular formula is C44H100. The van der Waals surface area contributed by atoms with Crippen molar-refractivity contribution in [2.24, 2.45) is 23.7 Å². The summed E-state index contributed by atoms with van der Waals surface area (Å²) in [4.78, 5) is 0. The van der Waals surface area contributed by atoms with Gasteiger partial charge in [-0.15, -0.1) is 0 Å². The fourth-order valence-electron chi connectivity index (χ4n) is 5.72. The fraction of sp³-hybridized carbons (Fsp3) is 1.00. The van der Waals surface area contributed by atoms with Crippen LogP contribution in [0.15, 0.2) is 0 Å². The van der Waals surface area contributed by atoms with E-state index >= 15 is 0 Å². The Balaban J connectivity index is -0.000000105. The van der Waals surface area contributed by atoms with Crippen LogP contribution in [0.4, 0.5) is 0 Å². The topological polar surface area (TPSA) is 0 Å². The minimum absolute atomic E-state index is 1.02. The minimum Gasteiger partial charge on any atom is -0.0683 e. The van der Waals surface area contributed by atoms with E-state index in [-0.39, 0.29) is 0 Å². The third-order valence-corrected chi connectivity index (χ3v) is 7.94. The number of rotatable bonds is 2. The first-order chi connectivity index (χ1) is 21.5. The maximum Gasteiger partial charge on any atom is -0.0411 e. The van der Waals surface area contributed by atoms with E-state index in [0.717, 1.165) is 23.7 Å². The molecule has 0 heteroatoms. The van der Waals surface area contributed by atoms with E-state index in [1.807, 2.05) is 55.4 Å². The van der Waals surface area contributed by atoms with Crippen molar-refractivity contribution in [2.75, 3.05) is 0 Å². The Labute approximate surface area is 287 Å². The van der Waals surface area contributed by atoms with Crippen LogP contribution in [0.3, 0.4) is 0 Å². The van der Waals surface area contributed by atoms with Crippen molar-refractivity contribution in [1.82, 2.24) is 0 Å². The van der Waals surface area contributed by atoms with Crippen LogP contribution < -0.4 is 0 Å². The van der Waals surface area contributed by atoms with Crippen molar-refractivity contribution in [3.63, 3.8) is 0 Å². The maximum absolute atomic E-state index is 2.43. The first kappa shape index (κ1) is 56.3. The molecule has 0 spiro atoms. The van der Waals surface area contributed by atoms with E-state index < -0.39 is 0 Å². The van der Waals surface area contributed by atoms with Crippen molar-refractivity contribution >= 4 is 0 Å². The van der Waals surface area contributed by atoms with Crippen molar-refractivity contribution in [3.8, 4) is 0 Å². The van der Waals surface area contributed by atoms with Crippen molar-refractivity contribution < 1.29 is 0 Å². The zero-order valence-corrected chi connectivity index (χ0v) is 35.3. The zero-order valence-electron chi connectivity index (χ0n) is 35.3. The summed E-state index contributed by atoms with van der Waals surface area (Å²) in [6.07, 6.45) is 35.5. The Bertz CT molecular complexity index is 288. The normalized spacial score (nSPS) is 22.9. The third-order valence-electron chi connectivity index (χ3n) is 7.94. The van der Waals surface area contributed by atoms with Crippen LogP contribution in [0.25, 0.3) is 0 Å². The van der Waals surface area contributed by atoms with E-state index in [1.54, 1.807) is 6.42 Å². The van der Waals surface area contributed by atoms with Gasteiger partial charge in [0.25, 0.3) is 0 Å². The Morgan fingerprint density at radius 3 is 0.568 bits per heavy atom. The molecule has 0 radical (unpaired) electrons. The largest absolute Gasteiger partial charge is 0.0683 e. The summed E-state index contributed by atoms with van der Waals surface area (Å²) in [7, 11) is 0. The summed E-state index contributed by atoms with van der Waals surface area (Å²) in [5.41, 5.74) is 0. The molecule has 4 aliphatic carbocycles. The highest BCUT2D eigenvalue weighted by Gasteiger charge is 2.24. The summed E-state index contributed by atoms with van der Waals surface area (Å²) in [6.45, 7) is 33.6. The summed E-state index contributed by atoms with van der Waals surface area (Å²) < 4.78 is 0. The highest BCUT2D eigenvalue weighted by atomic mass is 14.3. The smallest absolute Gasteiger partial charge is 0.0411 e. The second-order valence-corrected chi connectivity index (χ2v) is 12.9. The second-order valence-electron chi connectivity index (χ2n) is 12.9. The van der Waals surface area contributed by atoms with Crippen molar-refractivity contribution in [1.29, 1.82) is 0 Å². The molecule has 0 bridgehead atoms. The van der Waals surface area contributed by atoms with Gasteiger partial charge < -0.3 is 0 Å². The van der Waals surface area contributed by atoms with Crippen LogP contribution in [-0.4, -0.2) is 0 Å². The van der Waals surface area contributed by atoms with E-state index in [4.69, 9.17) is 0 Å². The van der Waals surface area contributed by atoms with Gasteiger partial charge in [-0.3, -0.25) is 0 Å². The molecule has 4 rings (SSSR count). The van der Waals surface area contributed by atoms with Gasteiger partial charge in [0, 0.05) is 0 Å². The monoisotopic (exact) mass is 629 g/mol. The van der Waals surface area contributed by atoms with Crippen LogP contribution in [-0.2, 0) is 0 Å². The lowest BCUT2D eigenvalue weighted by Gasteiger charge is -2.32. The second kappa shape index (κ2) is 58.5. The highest BCUT2D eigenvalue weighted by Crippen LogP contribution is 2.38. The lowest BCUT2D eigenvalue weighted by atomic mass is 9.74. The molecular weight excluding hydrogens is 528 g/mol. The van der Waals surface area contributed by atoms with Gasteiger partial charge >= 0.3 is 0 Å². The summed E-state index contributed by atoms with van der Waals surface area (Å²) in [5, 5.41) is 0. The van der Waals surface area contributed by atoms with E-state index in [0.29, 0.717) is 0 Å². The zero-order chi connectivity index (χ0) is 35.3. The van der Waals surface area contributed by atoms with Gasteiger partial charge in [0.2, 0.25) is 0 Å². The van der Waals surface area contributed by atoms with Crippen LogP contribution in [0, 0.1) is 23.7 Å². The Hall–Kier alpha value is 0. The molecule has 44 heavy (non-hydrogen) atoms. The SMILES string of the molecule is C1CCCCC1.C1CCCCC1.CC.CC.CC.CC.CC1CCC(CC2CCC(C)CC2)CC1.CCC.CCC.CCC. The van der Waals surface area contributed by atoms with Crippen LogP contribution in [0.2, 0.25) is 0 Å². The van der Waals surface area contributed by atoms with Crippen LogP contribution >= 0.6 is 0 Å².